The highest BCUT2D eigenvalue weighted by molar-refractivity contribution is 14.1. The minimum atomic E-state index is 0.292. The molecule has 3 rings (SSSR count). The standard InChI is InChI=1S/C18H22IN7/c1-3-25(4-2)15-9-8-14(11-13(15)12-19)22-18-23-17(20)26(24-18)16-7-5-6-10-21-16/h5-11H,3-4,12H2,1-2H3,(H3,20,22,23,24). The molecule has 0 aliphatic rings. The molecule has 0 bridgehead atoms. The van der Waals surface area contributed by atoms with Crippen molar-refractivity contribution in [3.05, 3.63) is 48.2 Å². The molecular formula is C18H22IN7. The molecule has 0 amide bonds. The predicted molar refractivity (Wildman–Crippen MR) is 115 cm³/mol. The summed E-state index contributed by atoms with van der Waals surface area (Å²) in [5.74, 6) is 1.37. The van der Waals surface area contributed by atoms with Crippen molar-refractivity contribution in [2.24, 2.45) is 0 Å². The summed E-state index contributed by atoms with van der Waals surface area (Å²) in [5, 5.41) is 7.65. The van der Waals surface area contributed by atoms with E-state index in [2.05, 4.69) is 73.9 Å². The summed E-state index contributed by atoms with van der Waals surface area (Å²) in [6, 6.07) is 11.9. The lowest BCUT2D eigenvalue weighted by Gasteiger charge is -2.24. The highest BCUT2D eigenvalue weighted by Gasteiger charge is 2.12. The first-order valence-electron chi connectivity index (χ1n) is 8.51. The fourth-order valence-electron chi connectivity index (χ4n) is 2.80. The van der Waals surface area contributed by atoms with Crippen molar-refractivity contribution < 1.29 is 0 Å². The Balaban J connectivity index is 1.86. The molecule has 0 aliphatic heterocycles. The Morgan fingerprint density at radius 2 is 2.00 bits per heavy atom. The van der Waals surface area contributed by atoms with Crippen LogP contribution in [0.1, 0.15) is 19.4 Å². The third kappa shape index (κ3) is 3.90. The van der Waals surface area contributed by atoms with Crippen LogP contribution < -0.4 is 16.0 Å². The van der Waals surface area contributed by atoms with Gasteiger partial charge in [0.05, 0.1) is 0 Å². The third-order valence-electron chi connectivity index (χ3n) is 4.08. The van der Waals surface area contributed by atoms with E-state index >= 15 is 0 Å². The van der Waals surface area contributed by atoms with Gasteiger partial charge in [0.1, 0.15) is 0 Å². The number of rotatable bonds is 7. The van der Waals surface area contributed by atoms with E-state index in [1.54, 1.807) is 6.20 Å². The summed E-state index contributed by atoms with van der Waals surface area (Å²) in [4.78, 5) is 10.9. The van der Waals surface area contributed by atoms with E-state index in [0.29, 0.717) is 17.7 Å². The SMILES string of the molecule is CCN(CC)c1ccc(Nc2nc(N)n(-c3ccccn3)n2)cc1CI. The molecule has 3 aromatic rings. The molecule has 7 nitrogen and oxygen atoms in total. The van der Waals surface area contributed by atoms with Gasteiger partial charge in [-0.3, -0.25) is 0 Å². The van der Waals surface area contributed by atoms with Crippen molar-refractivity contribution >= 4 is 45.9 Å². The number of hydrogen-bond donors (Lipinski definition) is 2. The first-order chi connectivity index (χ1) is 12.7. The van der Waals surface area contributed by atoms with E-state index in [9.17, 15) is 0 Å². The maximum Gasteiger partial charge on any atom is 0.248 e. The fraction of sp³-hybridized carbons (Fsp3) is 0.278. The summed E-state index contributed by atoms with van der Waals surface area (Å²) in [6.07, 6.45) is 1.70. The number of nitrogens with zero attached hydrogens (tertiary/aromatic N) is 5. The highest BCUT2D eigenvalue weighted by Crippen LogP contribution is 2.28. The van der Waals surface area contributed by atoms with Gasteiger partial charge in [-0.25, -0.2) is 4.98 Å². The van der Waals surface area contributed by atoms with E-state index < -0.39 is 0 Å². The van der Waals surface area contributed by atoms with Crippen molar-refractivity contribution in [2.75, 3.05) is 29.0 Å². The molecule has 2 aromatic heterocycles. The highest BCUT2D eigenvalue weighted by atomic mass is 127. The summed E-state index contributed by atoms with van der Waals surface area (Å²) in [6.45, 7) is 6.31. The van der Waals surface area contributed by atoms with Crippen LogP contribution in [0, 0.1) is 0 Å². The number of aromatic nitrogens is 4. The molecule has 2 heterocycles. The zero-order chi connectivity index (χ0) is 18.5. The van der Waals surface area contributed by atoms with Gasteiger partial charge >= 0.3 is 0 Å². The number of pyridine rings is 1. The molecule has 26 heavy (non-hydrogen) atoms. The number of benzene rings is 1. The molecule has 0 aliphatic carbocycles. The molecule has 8 heteroatoms. The summed E-state index contributed by atoms with van der Waals surface area (Å²) >= 11 is 2.39. The zero-order valence-corrected chi connectivity index (χ0v) is 17.0. The van der Waals surface area contributed by atoms with Crippen LogP contribution >= 0.6 is 22.6 Å². The van der Waals surface area contributed by atoms with E-state index in [-0.39, 0.29) is 0 Å². The Morgan fingerprint density at radius 3 is 2.65 bits per heavy atom. The van der Waals surface area contributed by atoms with Gasteiger partial charge in [0.15, 0.2) is 5.82 Å². The van der Waals surface area contributed by atoms with Crippen LogP contribution in [0.3, 0.4) is 0 Å². The van der Waals surface area contributed by atoms with Gasteiger partial charge in [-0.05, 0) is 49.7 Å². The molecule has 0 saturated heterocycles. The van der Waals surface area contributed by atoms with E-state index in [0.717, 1.165) is 23.2 Å². The van der Waals surface area contributed by atoms with Gasteiger partial charge in [-0.1, -0.05) is 28.7 Å². The largest absolute Gasteiger partial charge is 0.372 e. The Morgan fingerprint density at radius 1 is 1.19 bits per heavy atom. The molecule has 1 aromatic carbocycles. The summed E-state index contributed by atoms with van der Waals surface area (Å²) < 4.78 is 2.45. The topological polar surface area (TPSA) is 84.9 Å². The van der Waals surface area contributed by atoms with Crippen molar-refractivity contribution in [1.82, 2.24) is 19.7 Å². The van der Waals surface area contributed by atoms with Crippen molar-refractivity contribution in [1.29, 1.82) is 0 Å². The minimum Gasteiger partial charge on any atom is -0.372 e. The van der Waals surface area contributed by atoms with Crippen molar-refractivity contribution in [3.63, 3.8) is 0 Å². The Labute approximate surface area is 166 Å². The summed E-state index contributed by atoms with van der Waals surface area (Å²) in [5.41, 5.74) is 9.46. The van der Waals surface area contributed by atoms with Gasteiger partial charge in [-0.2, -0.15) is 9.67 Å². The van der Waals surface area contributed by atoms with E-state index in [1.807, 2.05) is 24.3 Å². The molecule has 3 N–H and O–H groups in total. The maximum atomic E-state index is 5.98. The van der Waals surface area contributed by atoms with Gasteiger partial charge in [0, 0.05) is 35.1 Å². The zero-order valence-electron chi connectivity index (χ0n) is 14.9. The maximum absolute atomic E-state index is 5.98. The molecule has 136 valence electrons. The Kier molecular flexibility index (Phi) is 5.92. The van der Waals surface area contributed by atoms with Gasteiger partial charge < -0.3 is 16.0 Å². The monoisotopic (exact) mass is 463 g/mol. The number of anilines is 4. The van der Waals surface area contributed by atoms with Crippen molar-refractivity contribution in [3.8, 4) is 5.82 Å². The lowest BCUT2D eigenvalue weighted by Crippen LogP contribution is -2.23. The smallest absolute Gasteiger partial charge is 0.248 e. The summed E-state index contributed by atoms with van der Waals surface area (Å²) in [7, 11) is 0. The fourth-order valence-corrected chi connectivity index (χ4v) is 3.41. The van der Waals surface area contributed by atoms with E-state index in [1.165, 1.54) is 15.9 Å². The third-order valence-corrected chi connectivity index (χ3v) is 4.90. The number of nitrogens with two attached hydrogens (primary N) is 1. The molecule has 0 atom stereocenters. The van der Waals surface area contributed by atoms with Crippen LogP contribution in [0.25, 0.3) is 5.82 Å². The second-order valence-electron chi connectivity index (χ2n) is 5.67. The average Bonchev–Trinajstić information content (AvgIpc) is 3.04. The van der Waals surface area contributed by atoms with Crippen molar-refractivity contribution in [2.45, 2.75) is 18.3 Å². The second kappa shape index (κ2) is 8.35. The molecule has 0 unspecified atom stereocenters. The number of alkyl halides is 1. The van der Waals surface area contributed by atoms with Crippen LogP contribution in [-0.4, -0.2) is 32.8 Å². The lowest BCUT2D eigenvalue weighted by atomic mass is 10.1. The van der Waals surface area contributed by atoms with Crippen LogP contribution in [0.5, 0.6) is 0 Å². The molecule has 0 radical (unpaired) electrons. The van der Waals surface area contributed by atoms with Crippen LogP contribution in [0.2, 0.25) is 0 Å². The average molecular weight is 463 g/mol. The Hall–Kier alpha value is -2.36. The van der Waals surface area contributed by atoms with Gasteiger partial charge in [0.2, 0.25) is 11.9 Å². The normalized spacial score (nSPS) is 10.7. The second-order valence-corrected chi connectivity index (χ2v) is 6.43. The number of hydrogen-bond acceptors (Lipinski definition) is 6. The van der Waals surface area contributed by atoms with Gasteiger partial charge in [0.25, 0.3) is 0 Å². The quantitative estimate of drug-likeness (QED) is 0.410. The predicted octanol–water partition coefficient (Wildman–Crippen LogP) is 3.77. The number of halogens is 1. The number of nitrogens with one attached hydrogen (secondary N) is 1. The van der Waals surface area contributed by atoms with Gasteiger partial charge in [-0.15, -0.1) is 5.10 Å². The number of nitrogen functional groups attached to an aromatic ring is 1. The molecular weight excluding hydrogens is 441 g/mol. The first kappa shape index (κ1) is 18.4. The molecule has 0 saturated carbocycles. The Bertz CT molecular complexity index is 859. The minimum absolute atomic E-state index is 0.292. The molecule has 0 spiro atoms. The van der Waals surface area contributed by atoms with Crippen LogP contribution in [-0.2, 0) is 4.43 Å². The van der Waals surface area contributed by atoms with Crippen LogP contribution in [0.4, 0.5) is 23.3 Å². The lowest BCUT2D eigenvalue weighted by molar-refractivity contribution is 0.859. The molecule has 0 fully saturated rings. The van der Waals surface area contributed by atoms with E-state index in [4.69, 9.17) is 5.73 Å². The first-order valence-corrected chi connectivity index (χ1v) is 10.0. The van der Waals surface area contributed by atoms with Crippen LogP contribution in [0.15, 0.2) is 42.6 Å².